The fraction of sp³-hybridized carbons (Fsp3) is 0.614. The van der Waals surface area contributed by atoms with Gasteiger partial charge in [0.15, 0.2) is 17.1 Å². The molecule has 8 aliphatic rings. The molecule has 2 saturated heterocycles. The average Bonchev–Trinajstić information content (AvgIpc) is 1.65. The zero-order valence-electron chi connectivity index (χ0n) is 64.7. The minimum Gasteiger partial charge on any atom is -0.870 e. The first-order valence-corrected chi connectivity index (χ1v) is 39.4. The third kappa shape index (κ3) is 19.9. The number of rotatable bonds is 18. The van der Waals surface area contributed by atoms with Gasteiger partial charge in [-0.05, 0) is 306 Å². The quantitative estimate of drug-likeness (QED) is 0.0461. The molecule has 3 amide bonds. The van der Waals surface area contributed by atoms with E-state index in [-0.39, 0.29) is 77.8 Å². The molecule has 5 N–H and O–H groups in total. The first-order valence-electron chi connectivity index (χ1n) is 39.4. The van der Waals surface area contributed by atoms with Crippen LogP contribution in [0.4, 0.5) is 13.2 Å². The molecule has 107 heavy (non-hydrogen) atoms. The number of hydrogen-bond acceptors (Lipinski definition) is 13. The van der Waals surface area contributed by atoms with Crippen molar-refractivity contribution in [2.24, 2.45) is 17.8 Å². The Morgan fingerprint density at radius 2 is 0.785 bits per heavy atom. The number of carbonyl (C=O) groups excluding carboxylic acids is 4. The molecule has 0 bridgehead atoms. The van der Waals surface area contributed by atoms with E-state index in [1.54, 1.807) is 32.9 Å². The number of esters is 1. The van der Waals surface area contributed by atoms with E-state index in [0.29, 0.717) is 79.7 Å². The third-order valence-corrected chi connectivity index (χ3v) is 25.0. The second-order valence-corrected chi connectivity index (χ2v) is 30.9. The average molecular weight is 1480 g/mol. The van der Waals surface area contributed by atoms with Crippen molar-refractivity contribution in [1.82, 2.24) is 49.4 Å². The molecule has 5 heterocycles. The number of fused-ring (bicyclic) bond motifs is 3. The predicted octanol–water partition coefficient (Wildman–Crippen LogP) is 9.86. The topological polar surface area (TPSA) is 260 Å². The van der Waals surface area contributed by atoms with Crippen LogP contribution in [0.5, 0.6) is 0 Å². The fourth-order valence-electron chi connectivity index (χ4n) is 18.2. The van der Waals surface area contributed by atoms with Crippen molar-refractivity contribution in [3.05, 3.63) is 155 Å². The third-order valence-electron chi connectivity index (χ3n) is 25.0. The SMILES string of the molecule is CCOC(=O)c1nn(CCC2CCC(c3ccc(F)c(C)c3C)CC2)c2c1CCC2.Cc1c(F)ccc(C2CCC(CCn3nc(C(=O)N4CCN(C(=O)CO)CC4)c4c3CCC4)CC2)c1C.Cc1c(F)ccc(C2CCC(CCn3nc(C(=O)O)c4c3CCC4)CC2)c1C.O=C(CO)N1CCNCC1.[Li+].[OH-]. The number of carboxylic acid groups (broad SMARTS) is 1. The van der Waals surface area contributed by atoms with Gasteiger partial charge < -0.3 is 45.5 Å². The zero-order chi connectivity index (χ0) is 74.6. The monoisotopic (exact) mass is 1470 g/mol. The molecule has 5 fully saturated rings. The molecule has 20 nitrogen and oxygen atoms in total. The number of amides is 3. The number of aryl methyl sites for hydroxylation is 3. The van der Waals surface area contributed by atoms with Crippen molar-refractivity contribution in [2.75, 3.05) is 72.2 Å². The largest absolute Gasteiger partial charge is 1.00 e. The van der Waals surface area contributed by atoms with Gasteiger partial charge in [0.1, 0.15) is 30.7 Å². The summed E-state index contributed by atoms with van der Waals surface area (Å²) < 4.78 is 52.8. The molecule has 3 saturated carbocycles. The molecule has 14 rings (SSSR count). The van der Waals surface area contributed by atoms with Gasteiger partial charge in [0.05, 0.1) is 6.61 Å². The second-order valence-electron chi connectivity index (χ2n) is 30.9. The number of aromatic nitrogens is 6. The molecular weight excluding hydrogens is 1360 g/mol. The van der Waals surface area contributed by atoms with E-state index in [9.17, 15) is 42.3 Å². The van der Waals surface area contributed by atoms with Gasteiger partial charge in [0.25, 0.3) is 5.91 Å². The summed E-state index contributed by atoms with van der Waals surface area (Å²) in [7, 11) is 0. The van der Waals surface area contributed by atoms with Gasteiger partial charge in [-0.2, -0.15) is 15.3 Å². The molecule has 578 valence electrons. The van der Waals surface area contributed by atoms with Gasteiger partial charge in [-0.1, -0.05) is 18.2 Å². The van der Waals surface area contributed by atoms with Crippen LogP contribution in [-0.4, -0.2) is 167 Å². The summed E-state index contributed by atoms with van der Waals surface area (Å²) in [6, 6.07) is 10.8. The Morgan fingerprint density at radius 1 is 0.458 bits per heavy atom. The van der Waals surface area contributed by atoms with Gasteiger partial charge in [-0.3, -0.25) is 28.4 Å². The summed E-state index contributed by atoms with van der Waals surface area (Å²) in [5, 5.41) is 43.9. The van der Waals surface area contributed by atoms with Gasteiger partial charge in [-0.25, -0.2) is 22.8 Å². The van der Waals surface area contributed by atoms with Crippen molar-refractivity contribution < 1.29 is 81.5 Å². The van der Waals surface area contributed by atoms with Crippen molar-refractivity contribution in [2.45, 2.75) is 240 Å². The summed E-state index contributed by atoms with van der Waals surface area (Å²) in [5.41, 5.74) is 17.8. The number of aliphatic hydroxyl groups excluding tert-OH is 2. The number of carbonyl (C=O) groups is 5. The van der Waals surface area contributed by atoms with Crippen molar-refractivity contribution in [1.29, 1.82) is 0 Å². The molecule has 0 unspecified atom stereocenters. The Labute approximate surface area is 641 Å². The summed E-state index contributed by atoms with van der Waals surface area (Å²) in [6.45, 7) is 20.7. The number of aromatic carboxylic acids is 1. The van der Waals surface area contributed by atoms with Crippen LogP contribution >= 0.6 is 0 Å². The number of aliphatic hydroxyl groups is 2. The van der Waals surface area contributed by atoms with E-state index >= 15 is 0 Å². The second kappa shape index (κ2) is 39.0. The van der Waals surface area contributed by atoms with E-state index in [2.05, 4.69) is 31.8 Å². The Balaban J connectivity index is 0.000000174. The summed E-state index contributed by atoms with van der Waals surface area (Å²) >= 11 is 0. The van der Waals surface area contributed by atoms with Crippen LogP contribution in [0.15, 0.2) is 36.4 Å². The van der Waals surface area contributed by atoms with E-state index in [0.717, 1.165) is 204 Å². The molecule has 6 aromatic rings. The van der Waals surface area contributed by atoms with Crippen LogP contribution in [0.25, 0.3) is 0 Å². The minimum absolute atomic E-state index is 0. The van der Waals surface area contributed by atoms with Gasteiger partial charge >= 0.3 is 30.8 Å². The maximum absolute atomic E-state index is 13.9. The first-order chi connectivity index (χ1) is 50.7. The van der Waals surface area contributed by atoms with Gasteiger partial charge in [0, 0.05) is 106 Å². The van der Waals surface area contributed by atoms with E-state index in [1.165, 1.54) is 79.4 Å². The van der Waals surface area contributed by atoms with E-state index in [4.69, 9.17) is 20.0 Å². The molecule has 0 spiro atoms. The number of hydrogen-bond donors (Lipinski definition) is 4. The van der Waals surface area contributed by atoms with E-state index in [1.807, 2.05) is 64.4 Å². The summed E-state index contributed by atoms with van der Waals surface area (Å²) in [6.07, 6.45) is 26.1. The molecule has 0 radical (unpaired) electrons. The molecule has 3 aromatic carbocycles. The van der Waals surface area contributed by atoms with Crippen LogP contribution in [0.2, 0.25) is 0 Å². The molecule has 3 aromatic heterocycles. The summed E-state index contributed by atoms with van der Waals surface area (Å²) in [5.74, 6) is 1.62. The normalized spacial score (nSPS) is 20.9. The number of nitrogens with zero attached hydrogens (tertiary/aromatic N) is 9. The Kier molecular flexibility index (Phi) is 30.6. The van der Waals surface area contributed by atoms with Crippen LogP contribution in [-0.2, 0) is 72.5 Å². The van der Waals surface area contributed by atoms with Crippen molar-refractivity contribution >= 4 is 29.7 Å². The molecular formula is C83H114F3LiN10O10. The van der Waals surface area contributed by atoms with E-state index < -0.39 is 12.6 Å². The number of carboxylic acids is 1. The van der Waals surface area contributed by atoms with Crippen LogP contribution in [0.1, 0.15) is 256 Å². The maximum atomic E-state index is 13.9. The Hall–Kier alpha value is -7.13. The Bertz CT molecular complexity index is 4040. The van der Waals surface area contributed by atoms with Crippen LogP contribution < -0.4 is 24.2 Å². The molecule has 24 heteroatoms. The Morgan fingerprint density at radius 3 is 1.14 bits per heavy atom. The number of benzene rings is 3. The summed E-state index contributed by atoms with van der Waals surface area (Å²) in [4.78, 5) is 64.6. The molecule has 6 aliphatic carbocycles. The zero-order valence-corrected chi connectivity index (χ0v) is 64.7. The molecule has 2 aliphatic heterocycles. The predicted molar refractivity (Wildman–Crippen MR) is 399 cm³/mol. The van der Waals surface area contributed by atoms with Gasteiger partial charge in [-0.15, -0.1) is 0 Å². The van der Waals surface area contributed by atoms with Crippen LogP contribution in [0.3, 0.4) is 0 Å². The first kappa shape index (κ1) is 83.9. The standard InChI is InChI=1S/C29H39FN4O3.C25H33FN2O2.C23H29FN2O2.C6H12N2O2.Li.H2O/c1-19-20(2)25(30)11-10-23(19)22-8-6-21(7-9-22)12-13-34-26-5-3-4-24(26)28(31-34)29(37)33-16-14-32(15-17-33)27(36)18-35;1-4-30-25(29)24-21-6-5-7-23(21)28(27-24)15-14-18-8-10-19(11-9-18)20-12-13-22(26)17(3)16(20)2;1-14-15(2)20(24)11-10-18(14)17-8-6-16(7-9-17)12-13-26-21-5-3-4-19(21)22(25-26)23(27)28;9-5-6(10)8-3-1-7-2-4-8;;/h10-11,21-22,35H,3-9,12-18H2,1-2H3;12-13,18-19H,4-11,14-15H2,1-3H3;10-11,16-17H,3-9,12-13H2,1-2H3,(H,27,28);7,9H,1-5H2;;1H2/q;;;;+1;/p-1. The number of ether oxygens (including phenoxy) is 1. The fourth-order valence-corrected chi connectivity index (χ4v) is 18.2. The minimum atomic E-state index is -0.901. The van der Waals surface area contributed by atoms with Crippen LogP contribution in [0, 0.1) is 76.7 Å². The number of nitrogens with one attached hydrogen (secondary N) is 1. The maximum Gasteiger partial charge on any atom is 1.00 e. The van der Waals surface area contributed by atoms with Crippen molar-refractivity contribution in [3.63, 3.8) is 0 Å². The van der Waals surface area contributed by atoms with Gasteiger partial charge in [0.2, 0.25) is 11.8 Å². The smallest absolute Gasteiger partial charge is 0.870 e. The number of piperazine rings is 2. The molecule has 0 atom stereocenters. The van der Waals surface area contributed by atoms with Crippen molar-refractivity contribution in [3.8, 4) is 0 Å². The number of halogens is 3.